The van der Waals surface area contributed by atoms with Gasteiger partial charge in [-0.3, -0.25) is 4.79 Å². The Kier molecular flexibility index (Phi) is 5.70. The molecule has 0 heterocycles. The first kappa shape index (κ1) is 16.2. The fraction of sp³-hybridized carbons (Fsp3) is 0.467. The zero-order valence-electron chi connectivity index (χ0n) is 12.4. The molecule has 0 saturated carbocycles. The number of esters is 2. The molecule has 0 amide bonds. The van der Waals surface area contributed by atoms with E-state index in [9.17, 15) is 9.59 Å². The van der Waals surface area contributed by atoms with Gasteiger partial charge in [-0.1, -0.05) is 12.1 Å². The van der Waals surface area contributed by atoms with Crippen molar-refractivity contribution < 1.29 is 19.1 Å². The number of nitrogens with one attached hydrogen (secondary N) is 1. The van der Waals surface area contributed by atoms with E-state index in [0.29, 0.717) is 12.1 Å². The standard InChI is InChI=1S/C15H21NO4/c1-15(2,3)20-13(17)10-16-9-11-6-5-7-12(8-11)14(18)19-4/h5-8,16H,9-10H2,1-4H3. The number of carbonyl (C=O) groups excluding carboxylic acids is 2. The summed E-state index contributed by atoms with van der Waals surface area (Å²) in [4.78, 5) is 22.9. The normalized spacial score (nSPS) is 11.0. The quantitative estimate of drug-likeness (QED) is 0.834. The molecule has 1 aromatic rings. The molecule has 20 heavy (non-hydrogen) atoms. The van der Waals surface area contributed by atoms with E-state index in [2.05, 4.69) is 10.1 Å². The minimum atomic E-state index is -0.483. The van der Waals surface area contributed by atoms with E-state index in [4.69, 9.17) is 4.74 Å². The second-order valence-electron chi connectivity index (χ2n) is 5.38. The molecule has 0 unspecified atom stereocenters. The van der Waals surface area contributed by atoms with Crippen LogP contribution in [0.4, 0.5) is 0 Å². The van der Waals surface area contributed by atoms with Crippen LogP contribution in [-0.4, -0.2) is 31.2 Å². The molecular formula is C15H21NO4. The molecule has 0 bridgehead atoms. The summed E-state index contributed by atoms with van der Waals surface area (Å²) < 4.78 is 9.83. The second kappa shape index (κ2) is 7.05. The van der Waals surface area contributed by atoms with Gasteiger partial charge in [-0.25, -0.2) is 4.79 Å². The maximum atomic E-state index is 11.5. The van der Waals surface area contributed by atoms with Crippen LogP contribution in [0.3, 0.4) is 0 Å². The zero-order valence-corrected chi connectivity index (χ0v) is 12.4. The van der Waals surface area contributed by atoms with E-state index in [1.54, 1.807) is 18.2 Å². The average Bonchev–Trinajstić information content (AvgIpc) is 2.36. The predicted octanol–water partition coefficient (Wildman–Crippen LogP) is 1.90. The number of rotatable bonds is 5. The molecule has 5 nitrogen and oxygen atoms in total. The molecule has 0 saturated heterocycles. The third kappa shape index (κ3) is 5.84. The van der Waals surface area contributed by atoms with E-state index in [0.717, 1.165) is 5.56 Å². The van der Waals surface area contributed by atoms with Gasteiger partial charge < -0.3 is 14.8 Å². The summed E-state index contributed by atoms with van der Waals surface area (Å²) in [7, 11) is 1.34. The summed E-state index contributed by atoms with van der Waals surface area (Å²) in [6.07, 6.45) is 0. The van der Waals surface area contributed by atoms with Crippen LogP contribution in [0.2, 0.25) is 0 Å². The van der Waals surface area contributed by atoms with Gasteiger partial charge in [0.15, 0.2) is 0 Å². The third-order valence-corrected chi connectivity index (χ3v) is 2.37. The first-order chi connectivity index (χ1) is 9.31. The van der Waals surface area contributed by atoms with Crippen molar-refractivity contribution in [2.45, 2.75) is 32.9 Å². The zero-order chi connectivity index (χ0) is 15.2. The Morgan fingerprint density at radius 3 is 2.55 bits per heavy atom. The fourth-order valence-corrected chi connectivity index (χ4v) is 1.61. The largest absolute Gasteiger partial charge is 0.465 e. The van der Waals surface area contributed by atoms with Gasteiger partial charge in [0.25, 0.3) is 0 Å². The number of benzene rings is 1. The van der Waals surface area contributed by atoms with Crippen molar-refractivity contribution in [3.63, 3.8) is 0 Å². The Morgan fingerprint density at radius 2 is 1.95 bits per heavy atom. The van der Waals surface area contributed by atoms with Crippen LogP contribution < -0.4 is 5.32 Å². The number of ether oxygens (including phenoxy) is 2. The Hall–Kier alpha value is -1.88. The first-order valence-electron chi connectivity index (χ1n) is 6.41. The molecule has 0 atom stereocenters. The second-order valence-corrected chi connectivity index (χ2v) is 5.38. The molecule has 0 aliphatic rings. The maximum Gasteiger partial charge on any atom is 0.337 e. The Labute approximate surface area is 119 Å². The van der Waals surface area contributed by atoms with Crippen molar-refractivity contribution in [3.05, 3.63) is 35.4 Å². The smallest absolute Gasteiger partial charge is 0.337 e. The van der Waals surface area contributed by atoms with Crippen LogP contribution in [0.15, 0.2) is 24.3 Å². The van der Waals surface area contributed by atoms with Crippen LogP contribution in [0.25, 0.3) is 0 Å². The van der Waals surface area contributed by atoms with Crippen molar-refractivity contribution in [2.75, 3.05) is 13.7 Å². The molecule has 0 aromatic heterocycles. The third-order valence-electron chi connectivity index (χ3n) is 2.37. The highest BCUT2D eigenvalue weighted by Gasteiger charge is 2.15. The van der Waals surface area contributed by atoms with Crippen molar-refractivity contribution in [1.82, 2.24) is 5.32 Å². The Balaban J connectivity index is 2.46. The lowest BCUT2D eigenvalue weighted by Crippen LogP contribution is -2.31. The van der Waals surface area contributed by atoms with E-state index in [1.165, 1.54) is 7.11 Å². The lowest BCUT2D eigenvalue weighted by molar-refractivity contribution is -0.153. The summed E-state index contributed by atoms with van der Waals surface area (Å²) in [5, 5.41) is 2.98. The van der Waals surface area contributed by atoms with Crippen molar-refractivity contribution >= 4 is 11.9 Å². The van der Waals surface area contributed by atoms with Crippen molar-refractivity contribution in [3.8, 4) is 0 Å². The molecule has 0 aliphatic carbocycles. The molecule has 110 valence electrons. The summed E-state index contributed by atoms with van der Waals surface area (Å²) in [5.41, 5.74) is 0.907. The Morgan fingerprint density at radius 1 is 1.25 bits per heavy atom. The van der Waals surface area contributed by atoms with E-state index >= 15 is 0 Å². The van der Waals surface area contributed by atoms with E-state index in [1.807, 2.05) is 26.8 Å². The monoisotopic (exact) mass is 279 g/mol. The van der Waals surface area contributed by atoms with Crippen LogP contribution in [0.5, 0.6) is 0 Å². The van der Waals surface area contributed by atoms with Gasteiger partial charge in [-0.05, 0) is 38.5 Å². The summed E-state index contributed by atoms with van der Waals surface area (Å²) in [5.74, 6) is -0.680. The van der Waals surface area contributed by atoms with Crippen LogP contribution in [-0.2, 0) is 20.8 Å². The molecule has 1 rings (SSSR count). The summed E-state index contributed by atoms with van der Waals surface area (Å²) in [6, 6.07) is 7.06. The van der Waals surface area contributed by atoms with Crippen molar-refractivity contribution in [1.29, 1.82) is 0 Å². The van der Waals surface area contributed by atoms with Crippen molar-refractivity contribution in [2.24, 2.45) is 0 Å². The van der Waals surface area contributed by atoms with Gasteiger partial charge in [-0.2, -0.15) is 0 Å². The van der Waals surface area contributed by atoms with E-state index in [-0.39, 0.29) is 18.5 Å². The van der Waals surface area contributed by atoms with Crippen LogP contribution >= 0.6 is 0 Å². The minimum absolute atomic E-state index is 0.125. The fourth-order valence-electron chi connectivity index (χ4n) is 1.61. The molecule has 0 spiro atoms. The van der Waals surface area contributed by atoms with Gasteiger partial charge in [0.2, 0.25) is 0 Å². The van der Waals surface area contributed by atoms with Gasteiger partial charge >= 0.3 is 11.9 Å². The molecular weight excluding hydrogens is 258 g/mol. The summed E-state index contributed by atoms with van der Waals surface area (Å²) in [6.45, 7) is 6.07. The Bertz CT molecular complexity index is 477. The molecule has 0 aliphatic heterocycles. The van der Waals surface area contributed by atoms with Crippen LogP contribution in [0, 0.1) is 0 Å². The highest BCUT2D eigenvalue weighted by atomic mass is 16.6. The lowest BCUT2D eigenvalue weighted by atomic mass is 10.1. The molecule has 0 radical (unpaired) electrons. The highest BCUT2D eigenvalue weighted by Crippen LogP contribution is 2.08. The van der Waals surface area contributed by atoms with Gasteiger partial charge in [-0.15, -0.1) is 0 Å². The SMILES string of the molecule is COC(=O)c1cccc(CNCC(=O)OC(C)(C)C)c1. The number of methoxy groups -OCH3 is 1. The predicted molar refractivity (Wildman–Crippen MR) is 75.3 cm³/mol. The molecule has 1 N–H and O–H groups in total. The van der Waals surface area contributed by atoms with E-state index < -0.39 is 5.60 Å². The number of carbonyl (C=O) groups is 2. The molecule has 1 aromatic carbocycles. The topological polar surface area (TPSA) is 64.6 Å². The summed E-state index contributed by atoms with van der Waals surface area (Å²) >= 11 is 0. The molecule has 5 heteroatoms. The molecule has 0 fully saturated rings. The van der Waals surface area contributed by atoms with Gasteiger partial charge in [0.1, 0.15) is 5.60 Å². The number of hydrogen-bond acceptors (Lipinski definition) is 5. The van der Waals surface area contributed by atoms with Gasteiger partial charge in [0, 0.05) is 6.54 Å². The number of hydrogen-bond donors (Lipinski definition) is 1. The first-order valence-corrected chi connectivity index (χ1v) is 6.41. The van der Waals surface area contributed by atoms with Crippen LogP contribution in [0.1, 0.15) is 36.7 Å². The lowest BCUT2D eigenvalue weighted by Gasteiger charge is -2.19. The minimum Gasteiger partial charge on any atom is -0.465 e. The van der Waals surface area contributed by atoms with Gasteiger partial charge in [0.05, 0.1) is 19.2 Å². The average molecular weight is 279 g/mol. The highest BCUT2D eigenvalue weighted by molar-refractivity contribution is 5.89. The maximum absolute atomic E-state index is 11.5.